The molecular formula is C20H31N5O2. The van der Waals surface area contributed by atoms with Crippen LogP contribution in [-0.2, 0) is 29.5 Å². The largest absolute Gasteiger partial charge is 0.381 e. The van der Waals surface area contributed by atoms with Crippen LogP contribution in [0.25, 0.3) is 0 Å². The molecule has 3 heterocycles. The van der Waals surface area contributed by atoms with E-state index in [2.05, 4.69) is 26.9 Å². The highest BCUT2D eigenvalue weighted by molar-refractivity contribution is 5.76. The Kier molecular flexibility index (Phi) is 6.31. The zero-order valence-electron chi connectivity index (χ0n) is 16.9. The Hall–Kier alpha value is -2.15. The van der Waals surface area contributed by atoms with Crippen molar-refractivity contribution in [3.8, 4) is 0 Å². The highest BCUT2D eigenvalue weighted by Crippen LogP contribution is 2.26. The van der Waals surface area contributed by atoms with Crippen molar-refractivity contribution < 1.29 is 9.53 Å². The summed E-state index contributed by atoms with van der Waals surface area (Å²) >= 11 is 0. The molecule has 1 aliphatic rings. The molecule has 1 aliphatic heterocycles. The molecule has 0 atom stereocenters. The van der Waals surface area contributed by atoms with Crippen LogP contribution >= 0.6 is 0 Å². The molecule has 0 aliphatic carbocycles. The van der Waals surface area contributed by atoms with Gasteiger partial charge < -0.3 is 14.6 Å². The van der Waals surface area contributed by atoms with E-state index in [-0.39, 0.29) is 5.91 Å². The molecule has 2 aromatic rings. The zero-order chi connectivity index (χ0) is 19.4. The molecule has 0 spiro atoms. The molecular weight excluding hydrogens is 342 g/mol. The summed E-state index contributed by atoms with van der Waals surface area (Å²) < 4.78 is 9.58. The standard InChI is InChI=1S/C20H31N5O2/c1-14-13-22-20(17-7-11-27-12-8-17)25(14)10-9-21-19(26)6-5-18-15(2)23-24(4)16(18)3/h13,17H,5-12H2,1-4H3,(H,21,26). The van der Waals surface area contributed by atoms with E-state index in [0.29, 0.717) is 18.9 Å². The predicted octanol–water partition coefficient (Wildman–Crippen LogP) is 2.18. The fraction of sp³-hybridized carbons (Fsp3) is 0.650. The molecule has 1 N–H and O–H groups in total. The van der Waals surface area contributed by atoms with Gasteiger partial charge in [0.1, 0.15) is 5.82 Å². The van der Waals surface area contributed by atoms with E-state index >= 15 is 0 Å². The lowest BCUT2D eigenvalue weighted by atomic mass is 9.99. The minimum Gasteiger partial charge on any atom is -0.381 e. The minimum atomic E-state index is 0.0861. The molecule has 148 valence electrons. The number of nitrogens with one attached hydrogen (secondary N) is 1. The Balaban J connectivity index is 1.49. The summed E-state index contributed by atoms with van der Waals surface area (Å²) in [6.07, 6.45) is 5.19. The summed E-state index contributed by atoms with van der Waals surface area (Å²) in [6.45, 7) is 9.12. The molecule has 0 unspecified atom stereocenters. The maximum absolute atomic E-state index is 12.3. The fourth-order valence-electron chi connectivity index (χ4n) is 3.87. The molecule has 7 heteroatoms. The number of nitrogens with zero attached hydrogens (tertiary/aromatic N) is 4. The summed E-state index contributed by atoms with van der Waals surface area (Å²) in [4.78, 5) is 16.9. The Morgan fingerprint density at radius 3 is 2.70 bits per heavy atom. The van der Waals surface area contributed by atoms with E-state index in [1.807, 2.05) is 31.8 Å². The van der Waals surface area contributed by atoms with Gasteiger partial charge in [0.15, 0.2) is 0 Å². The molecule has 7 nitrogen and oxygen atoms in total. The van der Waals surface area contributed by atoms with Crippen LogP contribution in [0.5, 0.6) is 0 Å². The van der Waals surface area contributed by atoms with E-state index < -0.39 is 0 Å². The summed E-state index contributed by atoms with van der Waals surface area (Å²) in [5.41, 5.74) is 4.47. The van der Waals surface area contributed by atoms with E-state index in [1.165, 1.54) is 5.56 Å². The predicted molar refractivity (Wildman–Crippen MR) is 104 cm³/mol. The molecule has 0 aromatic carbocycles. The van der Waals surface area contributed by atoms with Gasteiger partial charge >= 0.3 is 0 Å². The minimum absolute atomic E-state index is 0.0861. The van der Waals surface area contributed by atoms with Crippen LogP contribution in [0.1, 0.15) is 53.7 Å². The van der Waals surface area contributed by atoms with Crippen LogP contribution in [0.2, 0.25) is 0 Å². The second-order valence-electron chi connectivity index (χ2n) is 7.42. The molecule has 0 bridgehead atoms. The van der Waals surface area contributed by atoms with Crippen molar-refractivity contribution >= 4 is 5.91 Å². The number of carbonyl (C=O) groups excluding carboxylic acids is 1. The SMILES string of the molecule is Cc1nn(C)c(C)c1CCC(=O)NCCn1c(C)cnc1C1CCOCC1. The zero-order valence-corrected chi connectivity index (χ0v) is 16.9. The van der Waals surface area contributed by atoms with Crippen LogP contribution in [0.4, 0.5) is 0 Å². The van der Waals surface area contributed by atoms with E-state index in [9.17, 15) is 4.79 Å². The highest BCUT2D eigenvalue weighted by Gasteiger charge is 2.21. The molecule has 0 saturated carbocycles. The van der Waals surface area contributed by atoms with E-state index in [1.54, 1.807) is 0 Å². The van der Waals surface area contributed by atoms with Gasteiger partial charge in [-0.05, 0) is 45.6 Å². The van der Waals surface area contributed by atoms with Crippen molar-refractivity contribution in [2.45, 2.75) is 58.9 Å². The van der Waals surface area contributed by atoms with Crippen LogP contribution in [0.15, 0.2) is 6.20 Å². The number of amides is 1. The Labute approximate surface area is 161 Å². The lowest BCUT2D eigenvalue weighted by molar-refractivity contribution is -0.121. The molecule has 1 saturated heterocycles. The topological polar surface area (TPSA) is 74.0 Å². The smallest absolute Gasteiger partial charge is 0.220 e. The van der Waals surface area contributed by atoms with Crippen molar-refractivity contribution in [3.63, 3.8) is 0 Å². The normalized spacial score (nSPS) is 15.3. The first-order valence-corrected chi connectivity index (χ1v) is 9.83. The van der Waals surface area contributed by atoms with Crippen molar-refractivity contribution in [1.29, 1.82) is 0 Å². The van der Waals surface area contributed by atoms with Gasteiger partial charge in [-0.3, -0.25) is 9.48 Å². The third kappa shape index (κ3) is 4.58. The van der Waals surface area contributed by atoms with Gasteiger partial charge in [-0.2, -0.15) is 5.10 Å². The van der Waals surface area contributed by atoms with Crippen LogP contribution < -0.4 is 5.32 Å². The molecule has 3 rings (SSSR count). The van der Waals surface area contributed by atoms with Gasteiger partial charge in [0.2, 0.25) is 5.91 Å². The quantitative estimate of drug-likeness (QED) is 0.807. The molecule has 1 amide bonds. The molecule has 1 fully saturated rings. The summed E-state index contributed by atoms with van der Waals surface area (Å²) in [5, 5.41) is 7.47. The van der Waals surface area contributed by atoms with Gasteiger partial charge in [0, 0.05) is 63.3 Å². The first kappa shape index (κ1) is 19.6. The Morgan fingerprint density at radius 2 is 2.04 bits per heavy atom. The molecule has 2 aromatic heterocycles. The maximum Gasteiger partial charge on any atom is 0.220 e. The fourth-order valence-corrected chi connectivity index (χ4v) is 3.87. The van der Waals surface area contributed by atoms with Gasteiger partial charge in [0.05, 0.1) is 5.69 Å². The second kappa shape index (κ2) is 8.69. The van der Waals surface area contributed by atoms with Crippen molar-refractivity contribution in [3.05, 3.63) is 34.7 Å². The van der Waals surface area contributed by atoms with Crippen LogP contribution in [0.3, 0.4) is 0 Å². The maximum atomic E-state index is 12.3. The van der Waals surface area contributed by atoms with Crippen LogP contribution in [-0.4, -0.2) is 45.0 Å². The average Bonchev–Trinajstić information content (AvgIpc) is 3.14. The van der Waals surface area contributed by atoms with Crippen molar-refractivity contribution in [2.75, 3.05) is 19.8 Å². The monoisotopic (exact) mass is 373 g/mol. The number of imidazole rings is 1. The number of hydrogen-bond donors (Lipinski definition) is 1. The Bertz CT molecular complexity index is 787. The van der Waals surface area contributed by atoms with Crippen LogP contribution in [0, 0.1) is 20.8 Å². The number of aromatic nitrogens is 4. The lowest BCUT2D eigenvalue weighted by Gasteiger charge is -2.23. The number of rotatable bonds is 7. The molecule has 27 heavy (non-hydrogen) atoms. The van der Waals surface area contributed by atoms with E-state index in [4.69, 9.17) is 4.74 Å². The summed E-state index contributed by atoms with van der Waals surface area (Å²) in [7, 11) is 1.94. The first-order valence-electron chi connectivity index (χ1n) is 9.83. The third-order valence-corrected chi connectivity index (χ3v) is 5.59. The van der Waals surface area contributed by atoms with Gasteiger partial charge in [-0.1, -0.05) is 0 Å². The second-order valence-corrected chi connectivity index (χ2v) is 7.42. The van der Waals surface area contributed by atoms with E-state index in [0.717, 1.165) is 61.9 Å². The first-order chi connectivity index (χ1) is 13.0. The van der Waals surface area contributed by atoms with Gasteiger partial charge in [-0.15, -0.1) is 0 Å². The summed E-state index contributed by atoms with van der Waals surface area (Å²) in [5.74, 6) is 1.68. The van der Waals surface area contributed by atoms with Gasteiger partial charge in [-0.25, -0.2) is 4.98 Å². The lowest BCUT2D eigenvalue weighted by Crippen LogP contribution is -2.29. The molecule has 0 radical (unpaired) electrons. The van der Waals surface area contributed by atoms with Crippen molar-refractivity contribution in [2.24, 2.45) is 7.05 Å². The Morgan fingerprint density at radius 1 is 1.30 bits per heavy atom. The average molecular weight is 374 g/mol. The number of aryl methyl sites for hydroxylation is 3. The number of carbonyl (C=O) groups is 1. The van der Waals surface area contributed by atoms with Crippen molar-refractivity contribution in [1.82, 2.24) is 24.6 Å². The summed E-state index contributed by atoms with van der Waals surface area (Å²) in [6, 6.07) is 0. The highest BCUT2D eigenvalue weighted by atomic mass is 16.5. The number of ether oxygens (including phenoxy) is 1. The third-order valence-electron chi connectivity index (χ3n) is 5.59. The van der Waals surface area contributed by atoms with Gasteiger partial charge in [0.25, 0.3) is 0 Å². The number of hydrogen-bond acceptors (Lipinski definition) is 4.